The van der Waals surface area contributed by atoms with Gasteiger partial charge in [-0.15, -0.1) is 0 Å². The van der Waals surface area contributed by atoms with E-state index in [2.05, 4.69) is 15.3 Å². The maximum atomic E-state index is 12.7. The molecular weight excluding hydrogens is 370 g/mol. The second-order valence-corrected chi connectivity index (χ2v) is 7.33. The van der Waals surface area contributed by atoms with Gasteiger partial charge in [-0.25, -0.2) is 14.8 Å². The number of amides is 3. The molecule has 2 aliphatic rings. The largest absolute Gasteiger partial charge is 0.480 e. The molecule has 0 atom stereocenters. The van der Waals surface area contributed by atoms with Crippen LogP contribution >= 0.6 is 0 Å². The summed E-state index contributed by atoms with van der Waals surface area (Å²) in [6, 6.07) is 7.50. The van der Waals surface area contributed by atoms with E-state index in [-0.39, 0.29) is 17.8 Å². The molecule has 0 unspecified atom stereocenters. The van der Waals surface area contributed by atoms with Crippen LogP contribution in [0.2, 0.25) is 0 Å². The van der Waals surface area contributed by atoms with Gasteiger partial charge in [0, 0.05) is 38.1 Å². The molecule has 0 radical (unpaired) electrons. The average Bonchev–Trinajstić information content (AvgIpc) is 3.42. The van der Waals surface area contributed by atoms with E-state index in [9.17, 15) is 9.59 Å². The van der Waals surface area contributed by atoms with Crippen molar-refractivity contribution in [3.8, 4) is 5.88 Å². The summed E-state index contributed by atoms with van der Waals surface area (Å²) in [6.07, 6.45) is 7.89. The number of anilines is 1. The van der Waals surface area contributed by atoms with E-state index in [1.54, 1.807) is 29.4 Å². The molecule has 0 aromatic carbocycles. The summed E-state index contributed by atoms with van der Waals surface area (Å²) in [5, 5.41) is 2.84. The quantitative estimate of drug-likeness (QED) is 0.812. The van der Waals surface area contributed by atoms with Crippen molar-refractivity contribution in [2.45, 2.75) is 38.3 Å². The SMILES string of the molecule is COc1ncccc1C(=O)NCc1ccc(N2CCN(C3CCCC3)C2=O)nc1. The standard InChI is InChI=1S/C21H25N5O3/c1-29-20-17(7-4-10-22-20)19(27)24-14-15-8-9-18(23-13-15)26-12-11-25(21(26)28)16-5-2-3-6-16/h4,7-10,13,16H,2-3,5-6,11-12,14H2,1H3,(H,24,27). The second kappa shape index (κ2) is 8.46. The molecule has 3 heterocycles. The van der Waals surface area contributed by atoms with Crippen LogP contribution in [0.1, 0.15) is 41.6 Å². The number of nitrogens with one attached hydrogen (secondary N) is 1. The second-order valence-electron chi connectivity index (χ2n) is 7.33. The van der Waals surface area contributed by atoms with Gasteiger partial charge < -0.3 is 15.0 Å². The number of carbonyl (C=O) groups excluding carboxylic acids is 2. The fourth-order valence-corrected chi connectivity index (χ4v) is 4.01. The Morgan fingerprint density at radius 2 is 2.03 bits per heavy atom. The topological polar surface area (TPSA) is 87.7 Å². The van der Waals surface area contributed by atoms with E-state index in [1.807, 2.05) is 17.0 Å². The molecule has 8 nitrogen and oxygen atoms in total. The van der Waals surface area contributed by atoms with Crippen LogP contribution in [0.3, 0.4) is 0 Å². The highest BCUT2D eigenvalue weighted by Crippen LogP contribution is 2.28. The highest BCUT2D eigenvalue weighted by Gasteiger charge is 2.36. The van der Waals surface area contributed by atoms with E-state index in [0.717, 1.165) is 24.9 Å². The number of carbonyl (C=O) groups is 2. The van der Waals surface area contributed by atoms with Gasteiger partial charge in [0.25, 0.3) is 5.91 Å². The number of pyridine rings is 2. The van der Waals surface area contributed by atoms with Crippen LogP contribution in [0.5, 0.6) is 5.88 Å². The number of ether oxygens (including phenoxy) is 1. The van der Waals surface area contributed by atoms with Crippen LogP contribution < -0.4 is 15.0 Å². The van der Waals surface area contributed by atoms with Crippen LogP contribution in [0, 0.1) is 0 Å². The van der Waals surface area contributed by atoms with Crippen molar-refractivity contribution in [3.05, 3.63) is 47.8 Å². The van der Waals surface area contributed by atoms with Crippen molar-refractivity contribution < 1.29 is 14.3 Å². The lowest BCUT2D eigenvalue weighted by Crippen LogP contribution is -2.38. The zero-order chi connectivity index (χ0) is 20.2. The monoisotopic (exact) mass is 395 g/mol. The first-order chi connectivity index (χ1) is 14.2. The molecule has 2 fully saturated rings. The lowest BCUT2D eigenvalue weighted by Gasteiger charge is -2.23. The molecule has 2 aromatic rings. The van der Waals surface area contributed by atoms with Crippen molar-refractivity contribution in [3.63, 3.8) is 0 Å². The summed E-state index contributed by atoms with van der Waals surface area (Å²) in [5.41, 5.74) is 1.23. The Morgan fingerprint density at radius 1 is 1.21 bits per heavy atom. The molecule has 1 aliphatic heterocycles. The number of nitrogens with zero attached hydrogens (tertiary/aromatic N) is 4. The fourth-order valence-electron chi connectivity index (χ4n) is 4.01. The zero-order valence-electron chi connectivity index (χ0n) is 16.5. The maximum Gasteiger partial charge on any atom is 0.326 e. The predicted octanol–water partition coefficient (Wildman–Crippen LogP) is 2.60. The third-order valence-corrected chi connectivity index (χ3v) is 5.55. The number of hydrogen-bond acceptors (Lipinski definition) is 5. The fraction of sp³-hybridized carbons (Fsp3) is 0.429. The maximum absolute atomic E-state index is 12.7. The smallest absolute Gasteiger partial charge is 0.326 e. The number of methoxy groups -OCH3 is 1. The summed E-state index contributed by atoms with van der Waals surface area (Å²) >= 11 is 0. The van der Waals surface area contributed by atoms with Gasteiger partial charge in [0.2, 0.25) is 5.88 Å². The molecule has 8 heteroatoms. The first kappa shape index (κ1) is 19.2. The van der Waals surface area contributed by atoms with Crippen molar-refractivity contribution in [2.75, 3.05) is 25.1 Å². The van der Waals surface area contributed by atoms with Gasteiger partial charge in [-0.1, -0.05) is 18.9 Å². The van der Waals surface area contributed by atoms with Gasteiger partial charge in [0.1, 0.15) is 11.4 Å². The molecule has 29 heavy (non-hydrogen) atoms. The van der Waals surface area contributed by atoms with Crippen LogP contribution in [0.25, 0.3) is 0 Å². The molecule has 1 aliphatic carbocycles. The van der Waals surface area contributed by atoms with Crippen molar-refractivity contribution in [1.82, 2.24) is 20.2 Å². The van der Waals surface area contributed by atoms with Gasteiger partial charge in [0.05, 0.1) is 7.11 Å². The Morgan fingerprint density at radius 3 is 2.76 bits per heavy atom. The van der Waals surface area contributed by atoms with Crippen molar-refractivity contribution >= 4 is 17.8 Å². The van der Waals surface area contributed by atoms with E-state index in [1.165, 1.54) is 20.0 Å². The van der Waals surface area contributed by atoms with E-state index < -0.39 is 0 Å². The van der Waals surface area contributed by atoms with Crippen molar-refractivity contribution in [2.24, 2.45) is 0 Å². The molecular formula is C21H25N5O3. The first-order valence-corrected chi connectivity index (χ1v) is 9.97. The molecule has 3 amide bonds. The Kier molecular flexibility index (Phi) is 5.59. The summed E-state index contributed by atoms with van der Waals surface area (Å²) in [6.45, 7) is 1.75. The van der Waals surface area contributed by atoms with Gasteiger partial charge in [-0.3, -0.25) is 9.69 Å². The van der Waals surface area contributed by atoms with Crippen molar-refractivity contribution in [1.29, 1.82) is 0 Å². The zero-order valence-corrected chi connectivity index (χ0v) is 16.5. The Balaban J connectivity index is 1.36. The molecule has 152 valence electrons. The Labute approximate surface area is 169 Å². The number of rotatable bonds is 6. The minimum atomic E-state index is -0.263. The summed E-state index contributed by atoms with van der Waals surface area (Å²) in [5.74, 6) is 0.679. The average molecular weight is 395 g/mol. The molecule has 0 bridgehead atoms. The lowest BCUT2D eigenvalue weighted by atomic mass is 10.2. The number of urea groups is 1. The highest BCUT2D eigenvalue weighted by molar-refractivity contribution is 5.96. The molecule has 0 spiro atoms. The number of aromatic nitrogens is 2. The normalized spacial score (nSPS) is 17.1. The Hall–Kier alpha value is -3.16. The van der Waals surface area contributed by atoms with Gasteiger partial charge in [0.15, 0.2) is 0 Å². The minimum absolute atomic E-state index is 0.0501. The van der Waals surface area contributed by atoms with Crippen LogP contribution in [0.4, 0.5) is 10.6 Å². The summed E-state index contributed by atoms with van der Waals surface area (Å²) in [4.78, 5) is 37.3. The molecule has 4 rings (SSSR count). The third kappa shape index (κ3) is 4.01. The molecule has 1 saturated carbocycles. The predicted molar refractivity (Wildman–Crippen MR) is 108 cm³/mol. The molecule has 1 saturated heterocycles. The lowest BCUT2D eigenvalue weighted by molar-refractivity contribution is 0.0947. The van der Waals surface area contributed by atoms with Crippen LogP contribution in [-0.4, -0.2) is 53.0 Å². The van der Waals surface area contributed by atoms with E-state index in [0.29, 0.717) is 30.5 Å². The van der Waals surface area contributed by atoms with Gasteiger partial charge in [-0.2, -0.15) is 0 Å². The van der Waals surface area contributed by atoms with Gasteiger partial charge >= 0.3 is 6.03 Å². The molecule has 2 aromatic heterocycles. The van der Waals surface area contributed by atoms with Gasteiger partial charge in [-0.05, 0) is 36.6 Å². The van der Waals surface area contributed by atoms with Crippen LogP contribution in [-0.2, 0) is 6.54 Å². The highest BCUT2D eigenvalue weighted by atomic mass is 16.5. The Bertz CT molecular complexity index is 880. The number of hydrogen-bond donors (Lipinski definition) is 1. The molecule has 1 N–H and O–H groups in total. The first-order valence-electron chi connectivity index (χ1n) is 9.97. The van der Waals surface area contributed by atoms with E-state index >= 15 is 0 Å². The third-order valence-electron chi connectivity index (χ3n) is 5.55. The summed E-state index contributed by atoms with van der Waals surface area (Å²) in [7, 11) is 1.48. The van der Waals surface area contributed by atoms with Crippen LogP contribution in [0.15, 0.2) is 36.7 Å². The summed E-state index contributed by atoms with van der Waals surface area (Å²) < 4.78 is 5.12. The minimum Gasteiger partial charge on any atom is -0.480 e. The van der Waals surface area contributed by atoms with E-state index in [4.69, 9.17) is 4.74 Å².